The zero-order valence-corrected chi connectivity index (χ0v) is 9.69. The molecule has 90 valence electrons. The number of nitrogens with zero attached hydrogens (tertiary/aromatic N) is 3. The van der Waals surface area contributed by atoms with Gasteiger partial charge in [-0.3, -0.25) is 4.79 Å². The van der Waals surface area contributed by atoms with Crippen LogP contribution in [-0.2, 0) is 9.84 Å². The number of hydrogen-bond donors (Lipinski definition) is 1. The molecule has 1 aromatic rings. The highest BCUT2D eigenvalue weighted by Gasteiger charge is 2.20. The molecule has 9 heteroatoms. The van der Waals surface area contributed by atoms with Crippen molar-refractivity contribution in [2.24, 2.45) is 0 Å². The molecule has 8 nitrogen and oxygen atoms in total. The van der Waals surface area contributed by atoms with Crippen LogP contribution in [-0.4, -0.2) is 55.1 Å². The van der Waals surface area contributed by atoms with E-state index in [0.29, 0.717) is 0 Å². The molecule has 0 aliphatic rings. The van der Waals surface area contributed by atoms with Crippen LogP contribution in [0.25, 0.3) is 0 Å². The number of anilines is 1. The minimum atomic E-state index is -3.12. The van der Waals surface area contributed by atoms with Gasteiger partial charge in [0.05, 0.1) is 5.75 Å². The fourth-order valence-corrected chi connectivity index (χ4v) is 1.53. The molecule has 1 rings (SSSR count). The number of nitrogen functional groups attached to an aromatic ring is 1. The predicted molar refractivity (Wildman–Crippen MR) is 55.4 cm³/mol. The number of carbonyl (C=O) groups is 1. The number of rotatable bonds is 4. The van der Waals surface area contributed by atoms with Gasteiger partial charge < -0.3 is 10.6 Å². The molecule has 0 bridgehead atoms. The van der Waals surface area contributed by atoms with Crippen LogP contribution in [0.4, 0.5) is 5.82 Å². The van der Waals surface area contributed by atoms with Crippen molar-refractivity contribution in [3.8, 4) is 0 Å². The van der Waals surface area contributed by atoms with Gasteiger partial charge in [-0.15, -0.1) is 0 Å². The van der Waals surface area contributed by atoms with E-state index in [-0.39, 0.29) is 23.8 Å². The smallest absolute Gasteiger partial charge is 0.279 e. The van der Waals surface area contributed by atoms with Crippen molar-refractivity contribution in [3.63, 3.8) is 0 Å². The first kappa shape index (κ1) is 12.4. The van der Waals surface area contributed by atoms with E-state index in [1.54, 1.807) is 0 Å². The van der Waals surface area contributed by atoms with Crippen LogP contribution in [0.1, 0.15) is 10.5 Å². The van der Waals surface area contributed by atoms with Crippen LogP contribution in [0.3, 0.4) is 0 Å². The lowest BCUT2D eigenvalue weighted by Crippen LogP contribution is -2.32. The summed E-state index contributed by atoms with van der Waals surface area (Å²) in [7, 11) is -1.67. The van der Waals surface area contributed by atoms with E-state index in [1.807, 2.05) is 0 Å². The van der Waals surface area contributed by atoms with Gasteiger partial charge in [-0.25, -0.2) is 13.0 Å². The molecule has 0 saturated heterocycles. The van der Waals surface area contributed by atoms with E-state index in [1.165, 1.54) is 11.9 Å². The van der Waals surface area contributed by atoms with Gasteiger partial charge in [0.2, 0.25) is 11.5 Å². The Morgan fingerprint density at radius 3 is 2.56 bits per heavy atom. The average Bonchev–Trinajstić information content (AvgIpc) is 2.58. The van der Waals surface area contributed by atoms with Gasteiger partial charge in [0.15, 0.2) is 0 Å². The molecule has 0 aliphatic heterocycles. The number of sulfone groups is 1. The van der Waals surface area contributed by atoms with Gasteiger partial charge in [0, 0.05) is 19.8 Å². The zero-order chi connectivity index (χ0) is 12.3. The van der Waals surface area contributed by atoms with Crippen LogP contribution in [0, 0.1) is 0 Å². The summed E-state index contributed by atoms with van der Waals surface area (Å²) >= 11 is 0. The molecule has 16 heavy (non-hydrogen) atoms. The first-order valence-electron chi connectivity index (χ1n) is 4.32. The van der Waals surface area contributed by atoms with Gasteiger partial charge in [0.1, 0.15) is 9.84 Å². The lowest BCUT2D eigenvalue weighted by atomic mass is 10.4. The van der Waals surface area contributed by atoms with E-state index in [4.69, 9.17) is 5.73 Å². The minimum Gasteiger partial charge on any atom is -0.379 e. The second kappa shape index (κ2) is 4.47. The Balaban J connectivity index is 2.66. The van der Waals surface area contributed by atoms with Gasteiger partial charge in [-0.1, -0.05) is 0 Å². The highest BCUT2D eigenvalue weighted by Crippen LogP contribution is 2.07. The molecule has 1 amide bonds. The van der Waals surface area contributed by atoms with Gasteiger partial charge in [-0.05, 0) is 10.3 Å². The predicted octanol–water partition coefficient (Wildman–Crippen LogP) is -1.23. The van der Waals surface area contributed by atoms with E-state index >= 15 is 0 Å². The third-order valence-electron chi connectivity index (χ3n) is 1.86. The van der Waals surface area contributed by atoms with Gasteiger partial charge in [-0.2, -0.15) is 0 Å². The summed E-state index contributed by atoms with van der Waals surface area (Å²) in [4.78, 5) is 12.8. The van der Waals surface area contributed by atoms with Gasteiger partial charge in [0.25, 0.3) is 5.91 Å². The van der Waals surface area contributed by atoms with Gasteiger partial charge >= 0.3 is 0 Å². The van der Waals surface area contributed by atoms with Crippen molar-refractivity contribution >= 4 is 21.6 Å². The molecule has 1 aromatic heterocycles. The SMILES string of the molecule is CN(CCS(C)(=O)=O)C(=O)c1nonc1N. The summed E-state index contributed by atoms with van der Waals surface area (Å²) in [6, 6.07) is 0. The number of amides is 1. The highest BCUT2D eigenvalue weighted by molar-refractivity contribution is 7.90. The molecular formula is C7H12N4O4S. The summed E-state index contributed by atoms with van der Waals surface area (Å²) in [5.74, 6) is -0.765. The number of aromatic nitrogens is 2. The number of hydrogen-bond acceptors (Lipinski definition) is 7. The molecular weight excluding hydrogens is 236 g/mol. The Labute approximate surface area is 92.3 Å². The van der Waals surface area contributed by atoms with Crippen LogP contribution in [0.5, 0.6) is 0 Å². The molecule has 0 atom stereocenters. The summed E-state index contributed by atoms with van der Waals surface area (Å²) in [5, 5.41) is 6.58. The van der Waals surface area contributed by atoms with Crippen molar-refractivity contribution in [2.75, 3.05) is 31.3 Å². The lowest BCUT2D eigenvalue weighted by Gasteiger charge is -2.14. The molecule has 0 radical (unpaired) electrons. The van der Waals surface area contributed by atoms with Crippen LogP contribution in [0.2, 0.25) is 0 Å². The van der Waals surface area contributed by atoms with Crippen molar-refractivity contribution < 1.29 is 17.8 Å². The Bertz CT molecular complexity index is 480. The monoisotopic (exact) mass is 248 g/mol. The third-order valence-corrected chi connectivity index (χ3v) is 2.78. The van der Waals surface area contributed by atoms with E-state index in [0.717, 1.165) is 6.26 Å². The maximum atomic E-state index is 11.6. The van der Waals surface area contributed by atoms with Crippen molar-refractivity contribution in [3.05, 3.63) is 5.69 Å². The number of carbonyl (C=O) groups excluding carboxylic acids is 1. The van der Waals surface area contributed by atoms with E-state index in [2.05, 4.69) is 14.9 Å². The molecule has 0 unspecified atom stereocenters. The molecule has 1 heterocycles. The first-order valence-corrected chi connectivity index (χ1v) is 6.38. The lowest BCUT2D eigenvalue weighted by molar-refractivity contribution is 0.0793. The van der Waals surface area contributed by atoms with Crippen molar-refractivity contribution in [1.82, 2.24) is 15.2 Å². The van der Waals surface area contributed by atoms with Crippen LogP contribution < -0.4 is 5.73 Å². The summed E-state index contributed by atoms with van der Waals surface area (Å²) < 4.78 is 26.1. The van der Waals surface area contributed by atoms with Crippen molar-refractivity contribution in [2.45, 2.75) is 0 Å². The Morgan fingerprint density at radius 1 is 1.50 bits per heavy atom. The zero-order valence-electron chi connectivity index (χ0n) is 8.87. The maximum Gasteiger partial charge on any atom is 0.279 e. The highest BCUT2D eigenvalue weighted by atomic mass is 32.2. The number of nitrogens with two attached hydrogens (primary N) is 1. The quantitative estimate of drug-likeness (QED) is 0.708. The summed E-state index contributed by atoms with van der Waals surface area (Å²) in [6.07, 6.45) is 1.09. The summed E-state index contributed by atoms with van der Waals surface area (Å²) in [5.41, 5.74) is 5.21. The second-order valence-electron chi connectivity index (χ2n) is 3.35. The largest absolute Gasteiger partial charge is 0.379 e. The summed E-state index contributed by atoms with van der Waals surface area (Å²) in [6.45, 7) is 0.0595. The maximum absolute atomic E-state index is 11.6. The standard InChI is InChI=1S/C7H12N4O4S/c1-11(3-4-16(2,13)14)7(12)5-6(8)10-15-9-5/h3-4H2,1-2H3,(H2,8,10). The Hall–Kier alpha value is -1.64. The molecule has 0 spiro atoms. The van der Waals surface area contributed by atoms with E-state index < -0.39 is 15.7 Å². The van der Waals surface area contributed by atoms with E-state index in [9.17, 15) is 13.2 Å². The molecule has 0 aliphatic carbocycles. The van der Waals surface area contributed by atoms with Crippen molar-refractivity contribution in [1.29, 1.82) is 0 Å². The fraction of sp³-hybridized carbons (Fsp3) is 0.571. The Morgan fingerprint density at radius 2 is 2.12 bits per heavy atom. The Kier molecular flexibility index (Phi) is 3.48. The molecule has 0 fully saturated rings. The second-order valence-corrected chi connectivity index (χ2v) is 5.61. The van der Waals surface area contributed by atoms with Crippen LogP contribution in [0.15, 0.2) is 4.63 Å². The third kappa shape index (κ3) is 3.19. The fourth-order valence-electron chi connectivity index (χ4n) is 0.929. The molecule has 0 aromatic carbocycles. The molecule has 2 N–H and O–H groups in total. The van der Waals surface area contributed by atoms with Crippen LogP contribution >= 0.6 is 0 Å². The minimum absolute atomic E-state index is 0.0595. The topological polar surface area (TPSA) is 119 Å². The first-order chi connectivity index (χ1) is 7.31. The normalized spacial score (nSPS) is 11.4. The average molecular weight is 248 g/mol. The molecule has 0 saturated carbocycles.